The molecule has 0 aliphatic carbocycles. The van der Waals surface area contributed by atoms with Crippen LogP contribution in [0, 0.1) is 0 Å². The number of anilines is 1. The number of nitrogens with zero attached hydrogens (tertiary/aromatic N) is 4. The fourth-order valence-corrected chi connectivity index (χ4v) is 3.43. The molecule has 24 heavy (non-hydrogen) atoms. The molecule has 7 nitrogen and oxygen atoms in total. The first kappa shape index (κ1) is 17.2. The molecule has 0 amide bonds. The van der Waals surface area contributed by atoms with Gasteiger partial charge in [0.1, 0.15) is 0 Å². The fourth-order valence-electron chi connectivity index (χ4n) is 2.71. The van der Waals surface area contributed by atoms with E-state index in [2.05, 4.69) is 39.2 Å². The minimum atomic E-state index is 0.119. The SMILES string of the molecule is CO[C@H]1CN(C(C)C)C[C@@H]1Nc1nnc(CSc2ccncc2)o1. The topological polar surface area (TPSA) is 76.3 Å². The number of pyridine rings is 1. The van der Waals surface area contributed by atoms with Gasteiger partial charge < -0.3 is 14.5 Å². The Morgan fingerprint density at radius 1 is 1.33 bits per heavy atom. The lowest BCUT2D eigenvalue weighted by atomic mass is 10.2. The number of ether oxygens (including phenoxy) is 1. The highest BCUT2D eigenvalue weighted by Crippen LogP contribution is 2.23. The summed E-state index contributed by atoms with van der Waals surface area (Å²) in [5.74, 6) is 1.24. The van der Waals surface area contributed by atoms with Crippen LogP contribution in [-0.4, -0.2) is 58.5 Å². The molecule has 1 fully saturated rings. The van der Waals surface area contributed by atoms with Gasteiger partial charge in [-0.3, -0.25) is 9.88 Å². The lowest BCUT2D eigenvalue weighted by molar-refractivity contribution is 0.0979. The molecule has 1 aliphatic heterocycles. The van der Waals surface area contributed by atoms with E-state index in [-0.39, 0.29) is 12.1 Å². The first-order valence-corrected chi connectivity index (χ1v) is 9.03. The lowest BCUT2D eigenvalue weighted by Crippen LogP contribution is -2.34. The summed E-state index contributed by atoms with van der Waals surface area (Å²) >= 11 is 1.64. The minimum absolute atomic E-state index is 0.119. The zero-order valence-corrected chi connectivity index (χ0v) is 15.0. The third kappa shape index (κ3) is 4.25. The van der Waals surface area contributed by atoms with Crippen LogP contribution in [0.15, 0.2) is 33.8 Å². The van der Waals surface area contributed by atoms with Gasteiger partial charge in [-0.15, -0.1) is 16.9 Å². The summed E-state index contributed by atoms with van der Waals surface area (Å²) in [7, 11) is 1.74. The number of likely N-dealkylation sites (tertiary alicyclic amines) is 1. The quantitative estimate of drug-likeness (QED) is 0.763. The van der Waals surface area contributed by atoms with Crippen LogP contribution in [0.25, 0.3) is 0 Å². The van der Waals surface area contributed by atoms with Gasteiger partial charge in [-0.1, -0.05) is 5.10 Å². The van der Waals surface area contributed by atoms with Crippen molar-refractivity contribution >= 4 is 17.8 Å². The van der Waals surface area contributed by atoms with Gasteiger partial charge in [0.05, 0.1) is 17.9 Å². The third-order valence-electron chi connectivity index (χ3n) is 4.12. The first-order valence-electron chi connectivity index (χ1n) is 8.04. The summed E-state index contributed by atoms with van der Waals surface area (Å²) in [5.41, 5.74) is 0. The maximum atomic E-state index is 5.71. The molecule has 2 aromatic rings. The summed E-state index contributed by atoms with van der Waals surface area (Å²) in [6.45, 7) is 6.19. The van der Waals surface area contributed by atoms with E-state index in [1.807, 2.05) is 12.1 Å². The van der Waals surface area contributed by atoms with Crippen LogP contribution >= 0.6 is 11.8 Å². The molecule has 0 radical (unpaired) electrons. The van der Waals surface area contributed by atoms with E-state index in [0.717, 1.165) is 18.0 Å². The Bertz CT molecular complexity index is 636. The van der Waals surface area contributed by atoms with Crippen molar-refractivity contribution in [2.24, 2.45) is 0 Å². The molecule has 130 valence electrons. The number of hydrogen-bond acceptors (Lipinski definition) is 8. The minimum Gasteiger partial charge on any atom is -0.407 e. The first-order chi connectivity index (χ1) is 11.7. The number of aromatic nitrogens is 3. The second-order valence-electron chi connectivity index (χ2n) is 6.05. The highest BCUT2D eigenvalue weighted by molar-refractivity contribution is 7.98. The van der Waals surface area contributed by atoms with Gasteiger partial charge in [-0.05, 0) is 26.0 Å². The summed E-state index contributed by atoms with van der Waals surface area (Å²) in [5, 5.41) is 11.5. The van der Waals surface area contributed by atoms with Gasteiger partial charge in [-0.25, -0.2) is 0 Å². The van der Waals surface area contributed by atoms with Gasteiger partial charge in [0.2, 0.25) is 5.89 Å². The maximum Gasteiger partial charge on any atom is 0.315 e. The lowest BCUT2D eigenvalue weighted by Gasteiger charge is -2.19. The van der Waals surface area contributed by atoms with Crippen LogP contribution in [0.5, 0.6) is 0 Å². The van der Waals surface area contributed by atoms with Crippen molar-refractivity contribution in [3.63, 3.8) is 0 Å². The van der Waals surface area contributed by atoms with Crippen LogP contribution < -0.4 is 5.32 Å². The molecule has 3 rings (SSSR count). The number of nitrogens with one attached hydrogen (secondary N) is 1. The van der Waals surface area contributed by atoms with Crippen molar-refractivity contribution in [1.82, 2.24) is 20.1 Å². The van der Waals surface area contributed by atoms with E-state index < -0.39 is 0 Å². The summed E-state index contributed by atoms with van der Waals surface area (Å²) in [4.78, 5) is 7.51. The van der Waals surface area contributed by atoms with Gasteiger partial charge in [-0.2, -0.15) is 0 Å². The molecule has 8 heteroatoms. The van der Waals surface area contributed by atoms with Gasteiger partial charge >= 0.3 is 6.01 Å². The van der Waals surface area contributed by atoms with E-state index in [4.69, 9.17) is 9.15 Å². The molecule has 0 bridgehead atoms. The summed E-state index contributed by atoms with van der Waals surface area (Å²) in [6.07, 6.45) is 3.66. The van der Waals surface area contributed by atoms with E-state index in [9.17, 15) is 0 Å². The molecule has 1 N–H and O–H groups in total. The Kier molecular flexibility index (Phi) is 5.70. The van der Waals surface area contributed by atoms with Crippen LogP contribution in [-0.2, 0) is 10.5 Å². The van der Waals surface area contributed by atoms with Crippen molar-refractivity contribution in [1.29, 1.82) is 0 Å². The monoisotopic (exact) mass is 349 g/mol. The molecule has 0 unspecified atom stereocenters. The highest BCUT2D eigenvalue weighted by atomic mass is 32.2. The number of rotatable bonds is 7. The Morgan fingerprint density at radius 3 is 2.83 bits per heavy atom. The smallest absolute Gasteiger partial charge is 0.315 e. The van der Waals surface area contributed by atoms with E-state index in [1.165, 1.54) is 0 Å². The largest absolute Gasteiger partial charge is 0.407 e. The predicted octanol–water partition coefficient (Wildman–Crippen LogP) is 2.28. The number of thioether (sulfide) groups is 1. The van der Waals surface area contributed by atoms with E-state index >= 15 is 0 Å². The molecule has 0 saturated carbocycles. The van der Waals surface area contributed by atoms with Gasteiger partial charge in [0.15, 0.2) is 0 Å². The number of hydrogen-bond donors (Lipinski definition) is 1. The second kappa shape index (κ2) is 7.96. The van der Waals surface area contributed by atoms with Crippen molar-refractivity contribution in [2.45, 2.75) is 42.7 Å². The average Bonchev–Trinajstić information content (AvgIpc) is 3.21. The average molecular weight is 349 g/mol. The van der Waals surface area contributed by atoms with Crippen LogP contribution in [0.1, 0.15) is 19.7 Å². The van der Waals surface area contributed by atoms with Crippen LogP contribution in [0.2, 0.25) is 0 Å². The van der Waals surface area contributed by atoms with Crippen molar-refractivity contribution in [3.05, 3.63) is 30.4 Å². The zero-order valence-electron chi connectivity index (χ0n) is 14.2. The molecule has 2 atom stereocenters. The Morgan fingerprint density at radius 2 is 2.12 bits per heavy atom. The summed E-state index contributed by atoms with van der Waals surface area (Å²) < 4.78 is 11.3. The molecule has 1 aliphatic rings. The van der Waals surface area contributed by atoms with Crippen molar-refractivity contribution < 1.29 is 9.15 Å². The highest BCUT2D eigenvalue weighted by Gasteiger charge is 2.34. The van der Waals surface area contributed by atoms with Crippen LogP contribution in [0.4, 0.5) is 6.01 Å². The standard InChI is InChI=1S/C16H23N5O2S/c1-11(2)21-8-13(14(9-21)22-3)18-16-20-19-15(23-16)10-24-12-4-6-17-7-5-12/h4-7,11,13-14H,8-10H2,1-3H3,(H,18,20)/t13-,14-/m0/s1. The maximum absolute atomic E-state index is 5.71. The molecular formula is C16H23N5O2S. The third-order valence-corrected chi connectivity index (χ3v) is 5.11. The van der Waals surface area contributed by atoms with Gasteiger partial charge in [0, 0.05) is 43.5 Å². The van der Waals surface area contributed by atoms with E-state index in [1.54, 1.807) is 31.3 Å². The van der Waals surface area contributed by atoms with Crippen molar-refractivity contribution in [2.75, 3.05) is 25.5 Å². The van der Waals surface area contributed by atoms with Crippen molar-refractivity contribution in [3.8, 4) is 0 Å². The second-order valence-corrected chi connectivity index (χ2v) is 7.09. The zero-order chi connectivity index (χ0) is 16.9. The molecule has 2 aromatic heterocycles. The Hall–Kier alpha value is -1.64. The van der Waals surface area contributed by atoms with Crippen LogP contribution in [0.3, 0.4) is 0 Å². The fraction of sp³-hybridized carbons (Fsp3) is 0.562. The Labute approximate surface area is 146 Å². The molecular weight excluding hydrogens is 326 g/mol. The molecule has 0 aromatic carbocycles. The molecule has 3 heterocycles. The molecule has 1 saturated heterocycles. The predicted molar refractivity (Wildman–Crippen MR) is 93.0 cm³/mol. The normalized spacial score (nSPS) is 21.5. The van der Waals surface area contributed by atoms with Gasteiger partial charge in [0.25, 0.3) is 0 Å². The number of methoxy groups -OCH3 is 1. The Balaban J connectivity index is 1.55. The molecule has 0 spiro atoms. The summed E-state index contributed by atoms with van der Waals surface area (Å²) in [6, 6.07) is 5.02. The van der Waals surface area contributed by atoms with E-state index in [0.29, 0.717) is 23.7 Å².